The largest absolute Gasteiger partial charge is 0.326 e. The lowest BCUT2D eigenvalue weighted by atomic mass is 10.1. The predicted octanol–water partition coefficient (Wildman–Crippen LogP) is 2.51. The van der Waals surface area contributed by atoms with E-state index in [-0.39, 0.29) is 30.7 Å². The van der Waals surface area contributed by atoms with Crippen LogP contribution in [0.2, 0.25) is 0 Å². The number of aromatic amines is 1. The van der Waals surface area contributed by atoms with Gasteiger partial charge in [0.15, 0.2) is 5.82 Å². The lowest BCUT2D eigenvalue weighted by Gasteiger charge is -2.14. The first-order chi connectivity index (χ1) is 13.5. The third-order valence-corrected chi connectivity index (χ3v) is 4.67. The summed E-state index contributed by atoms with van der Waals surface area (Å²) in [7, 11) is 0. The number of nitrogens with one attached hydrogen (secondary N) is 3. The van der Waals surface area contributed by atoms with E-state index in [1.807, 2.05) is 24.3 Å². The average Bonchev–Trinajstić information content (AvgIpc) is 3.26. The van der Waals surface area contributed by atoms with E-state index in [1.54, 1.807) is 29.2 Å². The Hall–Kier alpha value is -3.68. The molecule has 1 fully saturated rings. The summed E-state index contributed by atoms with van der Waals surface area (Å²) in [6.07, 6.45) is 0.136. The average molecular weight is 377 g/mol. The zero-order chi connectivity index (χ0) is 19.7. The minimum absolute atomic E-state index is 0.126. The van der Waals surface area contributed by atoms with Crippen molar-refractivity contribution in [2.24, 2.45) is 5.92 Å². The number of rotatable bonds is 4. The highest BCUT2D eigenvalue weighted by molar-refractivity contribution is 6.07. The second-order valence-electron chi connectivity index (χ2n) is 6.75. The number of fused-ring (bicyclic) bond motifs is 1. The molecule has 0 spiro atoms. The van der Waals surface area contributed by atoms with Crippen LogP contribution in [0.5, 0.6) is 0 Å². The lowest BCUT2D eigenvalue weighted by Crippen LogP contribution is -2.28. The summed E-state index contributed by atoms with van der Waals surface area (Å²) < 4.78 is 0. The van der Waals surface area contributed by atoms with E-state index in [2.05, 4.69) is 20.8 Å². The molecule has 4 rings (SSSR count). The normalized spacial score (nSPS) is 16.4. The molecule has 3 amide bonds. The van der Waals surface area contributed by atoms with Crippen LogP contribution in [0.3, 0.4) is 0 Å². The standard InChI is InChI=1S/C20H19N5O3/c1-12(26)21-14-6-8-15(9-7-14)22-20(28)13-10-18(27)25(11-13)19-16-4-2-3-5-17(16)23-24-19/h2-9,13H,10-11H2,1H3,(H,21,26)(H,22,28)(H,23,24)/t13-/m0/s1. The fourth-order valence-electron chi connectivity index (χ4n) is 3.33. The van der Waals surface area contributed by atoms with Crippen molar-refractivity contribution in [3.05, 3.63) is 48.5 Å². The minimum atomic E-state index is -0.460. The van der Waals surface area contributed by atoms with Gasteiger partial charge in [0.05, 0.1) is 11.4 Å². The molecule has 0 bridgehead atoms. The van der Waals surface area contributed by atoms with Gasteiger partial charge >= 0.3 is 0 Å². The predicted molar refractivity (Wildman–Crippen MR) is 106 cm³/mol. The van der Waals surface area contributed by atoms with Gasteiger partial charge in [-0.25, -0.2) is 0 Å². The third kappa shape index (κ3) is 3.44. The van der Waals surface area contributed by atoms with Crippen LogP contribution in [0.25, 0.3) is 10.9 Å². The van der Waals surface area contributed by atoms with Gasteiger partial charge in [0.25, 0.3) is 0 Å². The van der Waals surface area contributed by atoms with E-state index in [0.29, 0.717) is 17.2 Å². The molecule has 2 aromatic carbocycles. The smallest absolute Gasteiger partial charge is 0.229 e. The molecule has 3 N–H and O–H groups in total. The van der Waals surface area contributed by atoms with E-state index in [4.69, 9.17) is 0 Å². The first-order valence-electron chi connectivity index (χ1n) is 8.93. The van der Waals surface area contributed by atoms with Gasteiger partial charge in [0.2, 0.25) is 17.7 Å². The van der Waals surface area contributed by atoms with Crippen LogP contribution in [0, 0.1) is 5.92 Å². The van der Waals surface area contributed by atoms with Crippen LogP contribution in [0.15, 0.2) is 48.5 Å². The molecule has 28 heavy (non-hydrogen) atoms. The van der Waals surface area contributed by atoms with E-state index in [9.17, 15) is 14.4 Å². The van der Waals surface area contributed by atoms with Crippen molar-refractivity contribution in [3.8, 4) is 0 Å². The zero-order valence-corrected chi connectivity index (χ0v) is 15.2. The topological polar surface area (TPSA) is 107 Å². The van der Waals surface area contributed by atoms with E-state index >= 15 is 0 Å². The molecule has 3 aromatic rings. The Kier molecular flexibility index (Phi) is 4.52. The summed E-state index contributed by atoms with van der Waals surface area (Å²) in [5, 5.41) is 13.5. The van der Waals surface area contributed by atoms with Crippen molar-refractivity contribution >= 4 is 45.8 Å². The summed E-state index contributed by atoms with van der Waals surface area (Å²) >= 11 is 0. The van der Waals surface area contributed by atoms with Gasteiger partial charge < -0.3 is 10.6 Å². The highest BCUT2D eigenvalue weighted by atomic mass is 16.2. The van der Waals surface area contributed by atoms with Crippen molar-refractivity contribution in [2.45, 2.75) is 13.3 Å². The molecule has 0 aliphatic carbocycles. The van der Waals surface area contributed by atoms with E-state index in [0.717, 1.165) is 10.9 Å². The second-order valence-corrected chi connectivity index (χ2v) is 6.75. The molecule has 0 radical (unpaired) electrons. The number of hydrogen-bond donors (Lipinski definition) is 3. The number of carbonyl (C=O) groups excluding carboxylic acids is 3. The molecule has 2 heterocycles. The van der Waals surface area contributed by atoms with Gasteiger partial charge in [-0.3, -0.25) is 24.4 Å². The lowest BCUT2D eigenvalue weighted by molar-refractivity contribution is -0.122. The quantitative estimate of drug-likeness (QED) is 0.649. The van der Waals surface area contributed by atoms with Gasteiger partial charge in [-0.2, -0.15) is 5.10 Å². The van der Waals surface area contributed by atoms with Gasteiger partial charge in [-0.05, 0) is 36.4 Å². The van der Waals surface area contributed by atoms with Gasteiger partial charge in [0.1, 0.15) is 0 Å². The van der Waals surface area contributed by atoms with Crippen LogP contribution >= 0.6 is 0 Å². The van der Waals surface area contributed by atoms with Gasteiger partial charge in [-0.15, -0.1) is 0 Å². The number of anilines is 3. The maximum absolute atomic E-state index is 12.6. The van der Waals surface area contributed by atoms with Crippen molar-refractivity contribution < 1.29 is 14.4 Å². The Labute approximate surface area is 160 Å². The Morgan fingerprint density at radius 1 is 1.07 bits per heavy atom. The molecule has 1 aliphatic heterocycles. The van der Waals surface area contributed by atoms with Crippen molar-refractivity contribution in [3.63, 3.8) is 0 Å². The number of carbonyl (C=O) groups is 3. The molecular weight excluding hydrogens is 358 g/mol. The molecule has 8 heteroatoms. The molecule has 142 valence electrons. The number of nitrogens with zero attached hydrogens (tertiary/aromatic N) is 2. The van der Waals surface area contributed by atoms with E-state index < -0.39 is 5.92 Å². The second kappa shape index (κ2) is 7.15. The number of H-pyrrole nitrogens is 1. The number of hydrogen-bond acceptors (Lipinski definition) is 4. The Morgan fingerprint density at radius 3 is 2.46 bits per heavy atom. The first-order valence-corrected chi connectivity index (χ1v) is 8.93. The van der Waals surface area contributed by atoms with Crippen molar-refractivity contribution in [1.29, 1.82) is 0 Å². The van der Waals surface area contributed by atoms with Crippen LogP contribution < -0.4 is 15.5 Å². The summed E-state index contributed by atoms with van der Waals surface area (Å²) in [5.74, 6) is -0.415. The maximum Gasteiger partial charge on any atom is 0.229 e. The molecule has 8 nitrogen and oxygen atoms in total. The van der Waals surface area contributed by atoms with Gasteiger partial charge in [-0.1, -0.05) is 12.1 Å². The van der Waals surface area contributed by atoms with Crippen molar-refractivity contribution in [2.75, 3.05) is 22.1 Å². The summed E-state index contributed by atoms with van der Waals surface area (Å²) in [5.41, 5.74) is 2.10. The molecule has 1 atom stereocenters. The zero-order valence-electron chi connectivity index (χ0n) is 15.2. The van der Waals surface area contributed by atoms with Crippen LogP contribution in [-0.2, 0) is 14.4 Å². The molecule has 1 aromatic heterocycles. The molecule has 0 saturated carbocycles. The highest BCUT2D eigenvalue weighted by Gasteiger charge is 2.36. The fraction of sp³-hybridized carbons (Fsp3) is 0.200. The van der Waals surface area contributed by atoms with Gasteiger partial charge in [0, 0.05) is 36.7 Å². The SMILES string of the molecule is CC(=O)Nc1ccc(NC(=O)[C@H]2CC(=O)N(c3n[nH]c4ccccc34)C2)cc1. The van der Waals surface area contributed by atoms with Crippen LogP contribution in [0.4, 0.5) is 17.2 Å². The fourth-order valence-corrected chi connectivity index (χ4v) is 3.33. The highest BCUT2D eigenvalue weighted by Crippen LogP contribution is 2.30. The first kappa shape index (κ1) is 17.7. The summed E-state index contributed by atoms with van der Waals surface area (Å²) in [4.78, 5) is 37.7. The number of amides is 3. The number of aromatic nitrogens is 2. The van der Waals surface area contributed by atoms with E-state index in [1.165, 1.54) is 6.92 Å². The number of benzene rings is 2. The molecular formula is C20H19N5O3. The van der Waals surface area contributed by atoms with Crippen LogP contribution in [-0.4, -0.2) is 34.5 Å². The third-order valence-electron chi connectivity index (χ3n) is 4.67. The maximum atomic E-state index is 12.6. The molecule has 0 unspecified atom stereocenters. The van der Waals surface area contributed by atoms with Crippen molar-refractivity contribution in [1.82, 2.24) is 10.2 Å². The van der Waals surface area contributed by atoms with Crippen LogP contribution in [0.1, 0.15) is 13.3 Å². The Balaban J connectivity index is 1.45. The number of para-hydroxylation sites is 1. The Bertz CT molecular complexity index is 1060. The molecule has 1 aliphatic rings. The summed E-state index contributed by atoms with van der Waals surface area (Å²) in [6, 6.07) is 14.4. The summed E-state index contributed by atoms with van der Waals surface area (Å²) in [6.45, 7) is 1.71. The Morgan fingerprint density at radius 2 is 1.75 bits per heavy atom. The minimum Gasteiger partial charge on any atom is -0.326 e. The molecule has 1 saturated heterocycles. The monoisotopic (exact) mass is 377 g/mol.